The summed E-state index contributed by atoms with van der Waals surface area (Å²) < 4.78 is 37.1. The minimum absolute atomic E-state index is 0.0680. The molecule has 0 fully saturated rings. The molecule has 1 aromatic heterocycles. The molecule has 1 amide bonds. The third-order valence-corrected chi connectivity index (χ3v) is 2.12. The first-order valence-corrected chi connectivity index (χ1v) is 5.41. The smallest absolute Gasteiger partial charge is 0.346 e. The van der Waals surface area contributed by atoms with E-state index >= 15 is 0 Å². The fourth-order valence-electron chi connectivity index (χ4n) is 1.28. The molecule has 0 radical (unpaired) electrons. The third-order valence-electron chi connectivity index (χ3n) is 2.12. The van der Waals surface area contributed by atoms with E-state index in [1.165, 1.54) is 0 Å². The zero-order valence-electron chi connectivity index (χ0n) is 9.87. The van der Waals surface area contributed by atoms with E-state index in [4.69, 9.17) is 0 Å². The van der Waals surface area contributed by atoms with Crippen LogP contribution in [0.1, 0.15) is 6.92 Å². The number of halogens is 3. The lowest BCUT2D eigenvalue weighted by molar-refractivity contribution is -0.137. The SMILES string of the molecule is C[C@H](Cn1cccn1)NCC(=O)NCC(F)(F)F. The average Bonchev–Trinajstić information content (AvgIpc) is 2.75. The van der Waals surface area contributed by atoms with E-state index in [1.807, 2.05) is 6.92 Å². The van der Waals surface area contributed by atoms with Crippen LogP contribution in [0.5, 0.6) is 0 Å². The van der Waals surface area contributed by atoms with Crippen LogP contribution < -0.4 is 10.6 Å². The topological polar surface area (TPSA) is 59.0 Å². The van der Waals surface area contributed by atoms with Crippen LogP contribution in [0, 0.1) is 0 Å². The first-order chi connectivity index (χ1) is 8.37. The second kappa shape index (κ2) is 6.39. The van der Waals surface area contributed by atoms with E-state index in [0.29, 0.717) is 6.54 Å². The van der Waals surface area contributed by atoms with Crippen LogP contribution in [0.2, 0.25) is 0 Å². The largest absolute Gasteiger partial charge is 0.405 e. The molecule has 102 valence electrons. The quantitative estimate of drug-likeness (QED) is 0.788. The van der Waals surface area contributed by atoms with Crippen molar-refractivity contribution >= 4 is 5.91 Å². The van der Waals surface area contributed by atoms with Crippen LogP contribution in [0.15, 0.2) is 18.5 Å². The van der Waals surface area contributed by atoms with Gasteiger partial charge in [-0.05, 0) is 13.0 Å². The molecule has 5 nitrogen and oxygen atoms in total. The van der Waals surface area contributed by atoms with Crippen molar-refractivity contribution in [3.63, 3.8) is 0 Å². The van der Waals surface area contributed by atoms with E-state index in [1.54, 1.807) is 28.5 Å². The van der Waals surface area contributed by atoms with E-state index in [9.17, 15) is 18.0 Å². The normalized spacial score (nSPS) is 13.3. The highest BCUT2D eigenvalue weighted by Gasteiger charge is 2.27. The summed E-state index contributed by atoms with van der Waals surface area (Å²) in [6.07, 6.45) is -0.985. The van der Waals surface area contributed by atoms with Crippen molar-refractivity contribution in [3.05, 3.63) is 18.5 Å². The number of hydrogen-bond acceptors (Lipinski definition) is 3. The van der Waals surface area contributed by atoms with Crippen molar-refractivity contribution in [1.82, 2.24) is 20.4 Å². The van der Waals surface area contributed by atoms with E-state index in [2.05, 4.69) is 10.4 Å². The van der Waals surface area contributed by atoms with Crippen molar-refractivity contribution in [2.75, 3.05) is 13.1 Å². The average molecular weight is 264 g/mol. The molecular formula is C10H15F3N4O. The van der Waals surface area contributed by atoms with E-state index < -0.39 is 18.6 Å². The van der Waals surface area contributed by atoms with Gasteiger partial charge < -0.3 is 10.6 Å². The summed E-state index contributed by atoms with van der Waals surface area (Å²) in [6.45, 7) is 0.901. The molecule has 0 bridgehead atoms. The molecule has 0 aliphatic rings. The number of amides is 1. The number of alkyl halides is 3. The number of nitrogens with zero attached hydrogens (tertiary/aromatic N) is 2. The Morgan fingerprint density at radius 3 is 2.78 bits per heavy atom. The van der Waals surface area contributed by atoms with Crippen molar-refractivity contribution in [1.29, 1.82) is 0 Å². The highest BCUT2D eigenvalue weighted by molar-refractivity contribution is 5.78. The van der Waals surface area contributed by atoms with Gasteiger partial charge >= 0.3 is 6.18 Å². The molecule has 1 atom stereocenters. The number of carbonyl (C=O) groups is 1. The number of carbonyl (C=O) groups excluding carboxylic acids is 1. The van der Waals surface area contributed by atoms with Gasteiger partial charge in [-0.15, -0.1) is 0 Å². The molecule has 0 aromatic carbocycles. The van der Waals surface area contributed by atoms with E-state index in [0.717, 1.165) is 0 Å². The van der Waals surface area contributed by atoms with Gasteiger partial charge in [-0.2, -0.15) is 18.3 Å². The summed E-state index contributed by atoms with van der Waals surface area (Å²) in [7, 11) is 0. The van der Waals surface area contributed by atoms with Gasteiger partial charge in [-0.1, -0.05) is 0 Å². The van der Waals surface area contributed by atoms with Gasteiger partial charge in [-0.3, -0.25) is 9.48 Å². The first kappa shape index (κ1) is 14.5. The Hall–Kier alpha value is -1.57. The Morgan fingerprint density at radius 1 is 1.50 bits per heavy atom. The summed E-state index contributed by atoms with van der Waals surface area (Å²) >= 11 is 0. The summed E-state index contributed by atoms with van der Waals surface area (Å²) in [5.74, 6) is -0.681. The number of rotatable bonds is 6. The minimum Gasteiger partial charge on any atom is -0.346 e. The van der Waals surface area contributed by atoms with Crippen LogP contribution in [0.3, 0.4) is 0 Å². The third kappa shape index (κ3) is 6.24. The first-order valence-electron chi connectivity index (χ1n) is 5.41. The molecule has 1 heterocycles. The predicted molar refractivity (Wildman–Crippen MR) is 58.8 cm³/mol. The maximum Gasteiger partial charge on any atom is 0.405 e. The maximum atomic E-state index is 11.8. The van der Waals surface area contributed by atoms with Gasteiger partial charge in [0.1, 0.15) is 6.54 Å². The van der Waals surface area contributed by atoms with Crippen molar-refractivity contribution in [3.8, 4) is 0 Å². The fraction of sp³-hybridized carbons (Fsp3) is 0.600. The molecule has 0 saturated heterocycles. The van der Waals surface area contributed by atoms with Crippen molar-refractivity contribution in [2.24, 2.45) is 0 Å². The Kier molecular flexibility index (Phi) is 5.14. The van der Waals surface area contributed by atoms with Gasteiger partial charge in [0.2, 0.25) is 5.91 Å². The molecule has 0 aliphatic carbocycles. The van der Waals surface area contributed by atoms with Crippen LogP contribution in [0.25, 0.3) is 0 Å². The monoisotopic (exact) mass is 264 g/mol. The zero-order chi connectivity index (χ0) is 13.6. The van der Waals surface area contributed by atoms with Crippen molar-refractivity contribution in [2.45, 2.75) is 25.7 Å². The lowest BCUT2D eigenvalue weighted by Crippen LogP contribution is -2.42. The Morgan fingerprint density at radius 2 is 2.22 bits per heavy atom. The maximum absolute atomic E-state index is 11.8. The Bertz CT molecular complexity index is 364. The molecule has 0 spiro atoms. The van der Waals surface area contributed by atoms with E-state index in [-0.39, 0.29) is 12.6 Å². The number of hydrogen-bond donors (Lipinski definition) is 2. The van der Waals surface area contributed by atoms with Crippen LogP contribution in [0.4, 0.5) is 13.2 Å². The van der Waals surface area contributed by atoms with Crippen LogP contribution in [-0.2, 0) is 11.3 Å². The fourth-order valence-corrected chi connectivity index (χ4v) is 1.28. The summed E-state index contributed by atoms with van der Waals surface area (Å²) in [4.78, 5) is 11.1. The van der Waals surface area contributed by atoms with Gasteiger partial charge in [0, 0.05) is 18.4 Å². The molecule has 0 saturated carbocycles. The minimum atomic E-state index is -4.38. The summed E-state index contributed by atoms with van der Waals surface area (Å²) in [5.41, 5.74) is 0. The highest BCUT2D eigenvalue weighted by Crippen LogP contribution is 2.11. The standard InChI is InChI=1S/C10H15F3N4O/c1-8(6-17-4-2-3-16-17)14-5-9(18)15-7-10(11,12)13/h2-4,8,14H,5-7H2,1H3,(H,15,18)/t8-/m1/s1. The second-order valence-electron chi connectivity index (χ2n) is 3.90. The molecular weight excluding hydrogens is 249 g/mol. The number of aromatic nitrogens is 2. The molecule has 0 aliphatic heterocycles. The lowest BCUT2D eigenvalue weighted by Gasteiger charge is -2.14. The van der Waals surface area contributed by atoms with Gasteiger partial charge in [0.15, 0.2) is 0 Å². The van der Waals surface area contributed by atoms with Gasteiger partial charge in [0.25, 0.3) is 0 Å². The van der Waals surface area contributed by atoms with Crippen LogP contribution in [-0.4, -0.2) is 41.0 Å². The molecule has 1 rings (SSSR count). The zero-order valence-corrected chi connectivity index (χ0v) is 9.87. The number of nitrogens with one attached hydrogen (secondary N) is 2. The molecule has 1 aromatic rings. The highest BCUT2D eigenvalue weighted by atomic mass is 19.4. The molecule has 8 heteroatoms. The molecule has 18 heavy (non-hydrogen) atoms. The molecule has 0 unspecified atom stereocenters. The summed E-state index contributed by atoms with van der Waals surface area (Å²) in [5, 5.41) is 8.58. The Balaban J connectivity index is 2.18. The van der Waals surface area contributed by atoms with Gasteiger partial charge in [0.05, 0.1) is 13.1 Å². The van der Waals surface area contributed by atoms with Crippen molar-refractivity contribution < 1.29 is 18.0 Å². The van der Waals surface area contributed by atoms with Crippen LogP contribution >= 0.6 is 0 Å². The molecule has 2 N–H and O–H groups in total. The lowest BCUT2D eigenvalue weighted by atomic mass is 10.3. The second-order valence-corrected chi connectivity index (χ2v) is 3.90. The Labute approximate surface area is 102 Å². The van der Waals surface area contributed by atoms with Gasteiger partial charge in [-0.25, -0.2) is 0 Å². The summed E-state index contributed by atoms with van der Waals surface area (Å²) in [6, 6.07) is 1.70. The predicted octanol–water partition coefficient (Wildman–Crippen LogP) is 0.540.